The highest BCUT2D eigenvalue weighted by molar-refractivity contribution is 5.94. The van der Waals surface area contributed by atoms with Crippen molar-refractivity contribution in [2.75, 3.05) is 19.6 Å². The van der Waals surface area contributed by atoms with E-state index < -0.39 is 42.5 Å². The molecule has 10 nitrogen and oxygen atoms in total. The first-order valence-electron chi connectivity index (χ1n) is 10.2. The summed E-state index contributed by atoms with van der Waals surface area (Å²) in [6.07, 6.45) is 3.57. The zero-order valence-corrected chi connectivity index (χ0v) is 17.4. The molecule has 0 aromatic carbocycles. The number of nitrogens with one attached hydrogen (secondary N) is 2. The van der Waals surface area contributed by atoms with Crippen molar-refractivity contribution in [3.05, 3.63) is 0 Å². The number of likely N-dealkylation sites (tertiary alicyclic amines) is 1. The number of aliphatic carboxylic acids is 1. The number of carboxylic acids is 1. The highest BCUT2D eigenvalue weighted by Gasteiger charge is 2.37. The molecule has 1 heterocycles. The summed E-state index contributed by atoms with van der Waals surface area (Å²) >= 11 is 0. The van der Waals surface area contributed by atoms with Crippen LogP contribution >= 0.6 is 0 Å². The predicted octanol–water partition coefficient (Wildman–Crippen LogP) is -0.835. The molecule has 0 aliphatic carbocycles. The van der Waals surface area contributed by atoms with Crippen molar-refractivity contribution >= 4 is 23.7 Å². The minimum absolute atomic E-state index is 0.105. The minimum atomic E-state index is -1.16. The van der Waals surface area contributed by atoms with E-state index in [0.29, 0.717) is 38.8 Å². The van der Waals surface area contributed by atoms with Crippen LogP contribution in [0.3, 0.4) is 0 Å². The largest absolute Gasteiger partial charge is 0.480 e. The van der Waals surface area contributed by atoms with Crippen molar-refractivity contribution in [3.63, 3.8) is 0 Å². The lowest BCUT2D eigenvalue weighted by Crippen LogP contribution is -2.55. The van der Waals surface area contributed by atoms with E-state index in [1.165, 1.54) is 4.90 Å². The smallest absolute Gasteiger partial charge is 0.322 e. The summed E-state index contributed by atoms with van der Waals surface area (Å²) in [5.74, 6) is -2.29. The molecular formula is C19H35N5O5. The Balaban J connectivity index is 2.75. The van der Waals surface area contributed by atoms with E-state index in [9.17, 15) is 19.2 Å². The van der Waals surface area contributed by atoms with Gasteiger partial charge in [0.05, 0.1) is 6.04 Å². The summed E-state index contributed by atoms with van der Waals surface area (Å²) in [4.78, 5) is 50.0. The first-order valence-corrected chi connectivity index (χ1v) is 10.2. The monoisotopic (exact) mass is 413 g/mol. The molecule has 0 radical (unpaired) electrons. The fraction of sp³-hybridized carbons (Fsp3) is 0.789. The van der Waals surface area contributed by atoms with E-state index >= 15 is 0 Å². The van der Waals surface area contributed by atoms with Gasteiger partial charge in [-0.1, -0.05) is 20.3 Å². The van der Waals surface area contributed by atoms with Crippen LogP contribution in [0.15, 0.2) is 0 Å². The number of unbranched alkanes of at least 4 members (excludes halogenated alkanes) is 1. The molecule has 1 aliphatic rings. The molecule has 7 N–H and O–H groups in total. The van der Waals surface area contributed by atoms with Crippen LogP contribution in [0.1, 0.15) is 52.4 Å². The van der Waals surface area contributed by atoms with Crippen molar-refractivity contribution in [2.45, 2.75) is 70.5 Å². The molecule has 1 aliphatic heterocycles. The summed E-state index contributed by atoms with van der Waals surface area (Å²) in [5.41, 5.74) is 11.5. The Labute approximate surface area is 171 Å². The normalized spacial score (nSPS) is 18.4. The molecule has 10 heteroatoms. The van der Waals surface area contributed by atoms with Crippen molar-refractivity contribution in [2.24, 2.45) is 17.4 Å². The van der Waals surface area contributed by atoms with Crippen LogP contribution < -0.4 is 22.1 Å². The van der Waals surface area contributed by atoms with Gasteiger partial charge >= 0.3 is 5.97 Å². The van der Waals surface area contributed by atoms with Crippen LogP contribution in [0.5, 0.6) is 0 Å². The van der Waals surface area contributed by atoms with E-state index in [1.54, 1.807) is 0 Å². The summed E-state index contributed by atoms with van der Waals surface area (Å²) in [6.45, 7) is 4.26. The van der Waals surface area contributed by atoms with Gasteiger partial charge in [0.1, 0.15) is 18.6 Å². The van der Waals surface area contributed by atoms with Gasteiger partial charge in [0, 0.05) is 6.54 Å². The van der Waals surface area contributed by atoms with Gasteiger partial charge in [-0.25, -0.2) is 0 Å². The molecule has 0 aromatic rings. The maximum Gasteiger partial charge on any atom is 0.322 e. The van der Waals surface area contributed by atoms with E-state index in [-0.39, 0.29) is 11.8 Å². The second kappa shape index (κ2) is 12.4. The third kappa shape index (κ3) is 8.36. The number of nitrogens with zero attached hydrogens (tertiary/aromatic N) is 1. The molecule has 1 saturated heterocycles. The second-order valence-corrected chi connectivity index (χ2v) is 7.88. The maximum atomic E-state index is 12.8. The van der Waals surface area contributed by atoms with Crippen LogP contribution in [0.4, 0.5) is 0 Å². The van der Waals surface area contributed by atoms with Gasteiger partial charge in [-0.15, -0.1) is 0 Å². The van der Waals surface area contributed by atoms with Crippen LogP contribution in [-0.4, -0.2) is 71.5 Å². The Bertz CT molecular complexity index is 583. The fourth-order valence-corrected chi connectivity index (χ4v) is 3.40. The number of amides is 3. The zero-order chi connectivity index (χ0) is 22.0. The number of carbonyl (C=O) groups excluding carboxylic acids is 3. The van der Waals surface area contributed by atoms with Crippen LogP contribution in [0.25, 0.3) is 0 Å². The lowest BCUT2D eigenvalue weighted by atomic mass is 10.0. The highest BCUT2D eigenvalue weighted by Crippen LogP contribution is 2.20. The topological polar surface area (TPSA) is 168 Å². The molecule has 0 spiro atoms. The Morgan fingerprint density at radius 3 is 2.48 bits per heavy atom. The molecule has 3 atom stereocenters. The third-order valence-electron chi connectivity index (χ3n) is 4.88. The Morgan fingerprint density at radius 1 is 1.21 bits per heavy atom. The van der Waals surface area contributed by atoms with Crippen molar-refractivity contribution in [1.82, 2.24) is 15.5 Å². The molecule has 3 unspecified atom stereocenters. The number of nitrogens with two attached hydrogens (primary N) is 2. The van der Waals surface area contributed by atoms with Gasteiger partial charge < -0.3 is 32.1 Å². The third-order valence-corrected chi connectivity index (χ3v) is 4.88. The maximum absolute atomic E-state index is 12.8. The molecule has 0 aromatic heterocycles. The Morgan fingerprint density at radius 2 is 1.90 bits per heavy atom. The van der Waals surface area contributed by atoms with E-state index in [0.717, 1.165) is 12.8 Å². The molecule has 1 rings (SSSR count). The number of hydrogen-bond acceptors (Lipinski definition) is 6. The lowest BCUT2D eigenvalue weighted by Gasteiger charge is -2.28. The van der Waals surface area contributed by atoms with Gasteiger partial charge in [-0.05, 0) is 44.6 Å². The summed E-state index contributed by atoms with van der Waals surface area (Å²) < 4.78 is 0. The summed E-state index contributed by atoms with van der Waals surface area (Å²) in [7, 11) is 0. The standard InChI is InChI=1S/C19H35N5O5/c1-12(2)10-14(17(27)22-11-16(25)26)23-18(28)15-7-5-9-24(15)19(29)13(21)6-3-4-8-20/h12-15H,3-11,20-21H2,1-2H3,(H,22,27)(H,23,28)(H,25,26). The zero-order valence-electron chi connectivity index (χ0n) is 17.4. The quantitative estimate of drug-likeness (QED) is 0.260. The first kappa shape index (κ1) is 24.8. The van der Waals surface area contributed by atoms with Gasteiger partial charge in [0.15, 0.2) is 0 Å². The SMILES string of the molecule is CC(C)CC(NC(=O)C1CCCN1C(=O)C(N)CCCCN)C(=O)NCC(=O)O. The number of carboxylic acid groups (broad SMARTS) is 1. The predicted molar refractivity (Wildman–Crippen MR) is 108 cm³/mol. The molecule has 0 saturated carbocycles. The Hall–Kier alpha value is -2.20. The second-order valence-electron chi connectivity index (χ2n) is 7.88. The number of hydrogen-bond donors (Lipinski definition) is 5. The molecule has 3 amide bonds. The van der Waals surface area contributed by atoms with Crippen LogP contribution in [-0.2, 0) is 19.2 Å². The van der Waals surface area contributed by atoms with Crippen molar-refractivity contribution in [3.8, 4) is 0 Å². The molecule has 29 heavy (non-hydrogen) atoms. The highest BCUT2D eigenvalue weighted by atomic mass is 16.4. The number of carbonyl (C=O) groups is 4. The average Bonchev–Trinajstić information content (AvgIpc) is 3.14. The summed E-state index contributed by atoms with van der Waals surface area (Å²) in [5, 5.41) is 13.7. The first-order chi connectivity index (χ1) is 13.7. The lowest BCUT2D eigenvalue weighted by molar-refractivity contribution is -0.141. The number of rotatable bonds is 12. The van der Waals surface area contributed by atoms with Crippen molar-refractivity contribution in [1.29, 1.82) is 0 Å². The van der Waals surface area contributed by atoms with Gasteiger partial charge in [0.25, 0.3) is 0 Å². The molecular weight excluding hydrogens is 378 g/mol. The average molecular weight is 414 g/mol. The Kier molecular flexibility index (Phi) is 10.6. The fourth-order valence-electron chi connectivity index (χ4n) is 3.40. The van der Waals surface area contributed by atoms with E-state index in [2.05, 4.69) is 10.6 Å². The van der Waals surface area contributed by atoms with Crippen LogP contribution in [0.2, 0.25) is 0 Å². The molecule has 1 fully saturated rings. The molecule has 166 valence electrons. The van der Waals surface area contributed by atoms with E-state index in [1.807, 2.05) is 13.8 Å². The van der Waals surface area contributed by atoms with Crippen LogP contribution in [0, 0.1) is 5.92 Å². The minimum Gasteiger partial charge on any atom is -0.480 e. The van der Waals surface area contributed by atoms with Gasteiger partial charge in [-0.3, -0.25) is 19.2 Å². The van der Waals surface area contributed by atoms with Gasteiger partial charge in [-0.2, -0.15) is 0 Å². The van der Waals surface area contributed by atoms with Crippen molar-refractivity contribution < 1.29 is 24.3 Å². The summed E-state index contributed by atoms with van der Waals surface area (Å²) in [6, 6.07) is -2.22. The molecule has 0 bridgehead atoms. The van der Waals surface area contributed by atoms with Gasteiger partial charge in [0.2, 0.25) is 17.7 Å². The van der Waals surface area contributed by atoms with E-state index in [4.69, 9.17) is 16.6 Å².